The maximum atomic E-state index is 12.2. The first-order chi connectivity index (χ1) is 10.9. The van der Waals surface area contributed by atoms with Gasteiger partial charge in [-0.2, -0.15) is 0 Å². The zero-order valence-corrected chi connectivity index (χ0v) is 13.8. The second kappa shape index (κ2) is 5.31. The number of hydrogen-bond acceptors (Lipinski definition) is 4. The van der Waals surface area contributed by atoms with Gasteiger partial charge in [-0.15, -0.1) is 0 Å². The fourth-order valence-corrected chi connectivity index (χ4v) is 5.23. The molecule has 1 amide bonds. The molecule has 0 radical (unpaired) electrons. The van der Waals surface area contributed by atoms with Crippen molar-refractivity contribution in [3.05, 3.63) is 34.9 Å². The lowest BCUT2D eigenvalue weighted by atomic mass is 9.52. The number of benzene rings is 1. The second-order valence-corrected chi connectivity index (χ2v) is 9.00. The van der Waals surface area contributed by atoms with Gasteiger partial charge >= 0.3 is 0 Å². The van der Waals surface area contributed by atoms with Gasteiger partial charge in [0.1, 0.15) is 0 Å². The molecule has 1 spiro atoms. The van der Waals surface area contributed by atoms with E-state index in [1.165, 1.54) is 19.3 Å². The van der Waals surface area contributed by atoms with E-state index in [9.17, 15) is 13.2 Å². The van der Waals surface area contributed by atoms with Crippen molar-refractivity contribution in [2.24, 2.45) is 11.3 Å². The summed E-state index contributed by atoms with van der Waals surface area (Å²) in [6, 6.07) is 5.56. The lowest BCUT2D eigenvalue weighted by molar-refractivity contribution is -0.134. The van der Waals surface area contributed by atoms with Gasteiger partial charge in [0.05, 0.1) is 19.0 Å². The van der Waals surface area contributed by atoms with E-state index in [0.717, 1.165) is 24.0 Å². The minimum atomic E-state index is -3.64. The summed E-state index contributed by atoms with van der Waals surface area (Å²) in [7, 11) is -3.64. The monoisotopic (exact) mass is 335 g/mol. The fourth-order valence-electron chi connectivity index (χ4n) is 4.06. The number of ether oxygens (including phenoxy) is 1. The van der Waals surface area contributed by atoms with E-state index in [1.807, 2.05) is 12.1 Å². The number of fused-ring (bicyclic) bond motifs is 1. The maximum Gasteiger partial charge on any atom is 0.239 e. The van der Waals surface area contributed by atoms with Crippen LogP contribution < -0.4 is 4.72 Å². The van der Waals surface area contributed by atoms with E-state index in [2.05, 4.69) is 4.72 Å². The van der Waals surface area contributed by atoms with Crippen molar-refractivity contribution in [2.75, 3.05) is 0 Å². The van der Waals surface area contributed by atoms with Crippen LogP contribution in [0.5, 0.6) is 0 Å². The Bertz CT molecular complexity index is 744. The van der Waals surface area contributed by atoms with Crippen molar-refractivity contribution in [2.45, 2.75) is 51.1 Å². The third-order valence-corrected chi connectivity index (χ3v) is 6.77. The van der Waals surface area contributed by atoms with Gasteiger partial charge in [0.25, 0.3) is 0 Å². The molecule has 2 saturated carbocycles. The molecule has 3 aliphatic rings. The summed E-state index contributed by atoms with van der Waals surface area (Å²) in [6.45, 7) is 1.11. The van der Waals surface area contributed by atoms with Gasteiger partial charge in [0.2, 0.25) is 15.9 Å². The van der Waals surface area contributed by atoms with Crippen molar-refractivity contribution >= 4 is 15.9 Å². The van der Waals surface area contributed by atoms with Gasteiger partial charge in [0, 0.05) is 5.92 Å². The third-order valence-electron chi connectivity index (χ3n) is 5.54. The van der Waals surface area contributed by atoms with E-state index in [4.69, 9.17) is 4.74 Å². The quantitative estimate of drug-likeness (QED) is 0.916. The zero-order valence-electron chi connectivity index (χ0n) is 13.0. The van der Waals surface area contributed by atoms with E-state index in [1.54, 1.807) is 6.07 Å². The minimum absolute atomic E-state index is 0.126. The molecule has 1 N–H and O–H groups in total. The Morgan fingerprint density at radius 3 is 2.65 bits per heavy atom. The molecule has 2 aliphatic carbocycles. The van der Waals surface area contributed by atoms with Crippen LogP contribution in [-0.4, -0.2) is 14.3 Å². The number of rotatable bonds is 4. The number of amides is 1. The summed E-state index contributed by atoms with van der Waals surface area (Å²) < 4.78 is 32.1. The second-order valence-electron chi connectivity index (χ2n) is 7.28. The molecule has 0 bridgehead atoms. The van der Waals surface area contributed by atoms with E-state index < -0.39 is 10.0 Å². The molecule has 0 aromatic heterocycles. The van der Waals surface area contributed by atoms with Gasteiger partial charge in [0.15, 0.2) is 0 Å². The van der Waals surface area contributed by atoms with Crippen molar-refractivity contribution in [1.82, 2.24) is 4.72 Å². The van der Waals surface area contributed by atoms with Gasteiger partial charge in [-0.25, -0.2) is 8.42 Å². The van der Waals surface area contributed by atoms with Crippen LogP contribution >= 0.6 is 0 Å². The molecule has 1 aliphatic heterocycles. The lowest BCUT2D eigenvalue weighted by Crippen LogP contribution is -2.50. The molecule has 1 heterocycles. The molecular weight excluding hydrogens is 314 g/mol. The number of nitrogens with one attached hydrogen (secondary N) is 1. The Morgan fingerprint density at radius 1 is 1.22 bits per heavy atom. The van der Waals surface area contributed by atoms with Crippen LogP contribution in [0.25, 0.3) is 0 Å². The Labute approximate surface area is 136 Å². The van der Waals surface area contributed by atoms with Crippen molar-refractivity contribution < 1.29 is 17.9 Å². The van der Waals surface area contributed by atoms with Crippen LogP contribution in [0, 0.1) is 11.3 Å². The summed E-state index contributed by atoms with van der Waals surface area (Å²) >= 11 is 0. The van der Waals surface area contributed by atoms with Gasteiger partial charge in [-0.05, 0) is 47.8 Å². The molecule has 4 rings (SSSR count). The molecule has 23 heavy (non-hydrogen) atoms. The van der Waals surface area contributed by atoms with Gasteiger partial charge in [-0.1, -0.05) is 24.6 Å². The fraction of sp³-hybridized carbons (Fsp3) is 0.588. The van der Waals surface area contributed by atoms with Crippen LogP contribution in [0.2, 0.25) is 0 Å². The Hall–Kier alpha value is -1.40. The molecule has 0 saturated heterocycles. The van der Waals surface area contributed by atoms with Crippen LogP contribution in [0.1, 0.15) is 48.8 Å². The van der Waals surface area contributed by atoms with Gasteiger partial charge in [-0.3, -0.25) is 9.52 Å². The minimum Gasteiger partial charge on any atom is -0.372 e. The first-order valence-corrected chi connectivity index (χ1v) is 9.83. The first kappa shape index (κ1) is 15.1. The average Bonchev–Trinajstić information content (AvgIpc) is 2.81. The number of hydrogen-bond donors (Lipinski definition) is 1. The molecular formula is C17H21NO4S. The summed E-state index contributed by atoms with van der Waals surface area (Å²) in [6.07, 6.45) is 5.34. The summed E-state index contributed by atoms with van der Waals surface area (Å²) in [5.74, 6) is -0.616. The van der Waals surface area contributed by atoms with E-state index in [-0.39, 0.29) is 17.6 Å². The molecule has 5 nitrogen and oxygen atoms in total. The zero-order chi connectivity index (χ0) is 16.1. The largest absolute Gasteiger partial charge is 0.372 e. The van der Waals surface area contributed by atoms with E-state index >= 15 is 0 Å². The van der Waals surface area contributed by atoms with E-state index in [0.29, 0.717) is 24.2 Å². The van der Waals surface area contributed by atoms with Crippen LogP contribution in [0.3, 0.4) is 0 Å². The highest BCUT2D eigenvalue weighted by Gasteiger charge is 2.50. The molecule has 124 valence electrons. The SMILES string of the molecule is O=C(NS(=O)(=O)Cc1ccc2c(c1)COC2)C1CC2(CCC2)C1. The smallest absolute Gasteiger partial charge is 0.239 e. The van der Waals surface area contributed by atoms with Crippen LogP contribution in [-0.2, 0) is 38.5 Å². The average molecular weight is 335 g/mol. The molecule has 2 fully saturated rings. The number of carbonyl (C=O) groups excluding carboxylic acids is 1. The lowest BCUT2D eigenvalue weighted by Gasteiger charge is -2.53. The Kier molecular flexibility index (Phi) is 3.50. The van der Waals surface area contributed by atoms with Crippen molar-refractivity contribution in [3.8, 4) is 0 Å². The van der Waals surface area contributed by atoms with Crippen molar-refractivity contribution in [3.63, 3.8) is 0 Å². The molecule has 1 aromatic rings. The highest BCUT2D eigenvalue weighted by molar-refractivity contribution is 7.89. The Balaban J connectivity index is 1.37. The summed E-state index contributed by atoms with van der Waals surface area (Å²) in [5.41, 5.74) is 3.20. The summed E-state index contributed by atoms with van der Waals surface area (Å²) in [4.78, 5) is 12.1. The predicted octanol–water partition coefficient (Wildman–Crippen LogP) is 2.24. The standard InChI is InChI=1S/C17H21NO4S/c19-16(15-7-17(8-15)4-1-5-17)18-23(20,21)11-12-2-3-13-9-22-10-14(13)6-12/h2-3,6,15H,1,4-5,7-11H2,(H,18,19). The van der Waals surface area contributed by atoms with Gasteiger partial charge < -0.3 is 4.74 Å². The number of carbonyl (C=O) groups is 1. The van der Waals surface area contributed by atoms with Crippen LogP contribution in [0.15, 0.2) is 18.2 Å². The number of sulfonamides is 1. The third kappa shape index (κ3) is 2.90. The van der Waals surface area contributed by atoms with Crippen LogP contribution in [0.4, 0.5) is 0 Å². The summed E-state index contributed by atoms with van der Waals surface area (Å²) in [5, 5.41) is 0. The molecule has 6 heteroatoms. The molecule has 0 unspecified atom stereocenters. The molecule has 0 atom stereocenters. The normalized spacial score (nSPS) is 22.3. The Morgan fingerprint density at radius 2 is 1.96 bits per heavy atom. The highest BCUT2D eigenvalue weighted by atomic mass is 32.2. The van der Waals surface area contributed by atoms with Crippen molar-refractivity contribution in [1.29, 1.82) is 0 Å². The maximum absolute atomic E-state index is 12.2. The predicted molar refractivity (Wildman–Crippen MR) is 84.7 cm³/mol. The highest BCUT2D eigenvalue weighted by Crippen LogP contribution is 2.58. The topological polar surface area (TPSA) is 72.5 Å². The first-order valence-electron chi connectivity index (χ1n) is 8.18. The molecule has 1 aromatic carbocycles.